The number of hydrogen-bond acceptors (Lipinski definition) is 15. The number of aliphatic hydroxyl groups excluding tert-OH is 7. The van der Waals surface area contributed by atoms with Crippen molar-refractivity contribution in [3.63, 3.8) is 0 Å². The fraction of sp³-hybridized carbons (Fsp3) is 0.385. The maximum Gasteiger partial charge on any atom is 0.380 e. The molecule has 10 atom stereocenters. The zero-order chi connectivity index (χ0) is 54.8. The van der Waals surface area contributed by atoms with Gasteiger partial charge in [0.05, 0.1) is 55.1 Å². The number of aliphatic hydroxyl groups is 7. The highest BCUT2D eigenvalue weighted by molar-refractivity contribution is 7.96. The molecule has 0 saturated heterocycles. The lowest BCUT2D eigenvalue weighted by molar-refractivity contribution is -0.263. The lowest BCUT2D eigenvalue weighted by Crippen LogP contribution is -2.61. The van der Waals surface area contributed by atoms with Crippen molar-refractivity contribution < 1.29 is 98.0 Å². The molecule has 2 heterocycles. The number of benzene rings is 4. The van der Waals surface area contributed by atoms with Gasteiger partial charge < -0.3 is 45.2 Å². The summed E-state index contributed by atoms with van der Waals surface area (Å²) in [5.41, 5.74) is -7.44. The number of alkyl halides is 6. The van der Waals surface area contributed by atoms with Gasteiger partial charge in [-0.2, -0.15) is 26.3 Å². The molecule has 0 bridgehead atoms. The van der Waals surface area contributed by atoms with E-state index in [-0.39, 0.29) is 46.2 Å². The van der Waals surface area contributed by atoms with E-state index in [9.17, 15) is 62.2 Å². The molecule has 23 heteroatoms. The minimum absolute atomic E-state index is 0.0614. The Bertz CT molecular complexity index is 3330. The Labute approximate surface area is 424 Å². The van der Waals surface area contributed by atoms with E-state index < -0.39 is 176 Å². The number of allylic oxidation sites excluding steroid dienone is 6. The second-order valence-corrected chi connectivity index (χ2v) is 23.1. The number of ether oxygens (including phenoxy) is 2. The predicted octanol–water partition coefficient (Wildman–Crippen LogP) is 5.77. The molecule has 0 aromatic heterocycles. The zero-order valence-electron chi connectivity index (χ0n) is 39.7. The molecule has 75 heavy (non-hydrogen) atoms. The van der Waals surface area contributed by atoms with E-state index >= 15 is 26.3 Å². The molecule has 2 saturated carbocycles. The lowest BCUT2D eigenvalue weighted by Gasteiger charge is -2.42. The monoisotopic (exact) mass is 1090 g/mol. The van der Waals surface area contributed by atoms with Gasteiger partial charge in [-0.05, 0) is 71.5 Å². The van der Waals surface area contributed by atoms with Gasteiger partial charge in [-0.1, -0.05) is 69.3 Å². The van der Waals surface area contributed by atoms with Crippen LogP contribution in [0.25, 0.3) is 33.4 Å². The summed E-state index contributed by atoms with van der Waals surface area (Å²) in [6, 6.07) is 16.6. The van der Waals surface area contributed by atoms with Crippen LogP contribution in [0.15, 0.2) is 116 Å². The van der Waals surface area contributed by atoms with E-state index in [1.54, 1.807) is 0 Å². The van der Waals surface area contributed by atoms with Crippen molar-refractivity contribution in [3.05, 3.63) is 128 Å². The standard InChI is InChI=1S/C52H48F6O15S2/c1-4-34-38(30-16-14-27(18-36(30)74(34,68)69)23-6-10-25(11-7-23)48(66)72-46-22(3)42(62)43(63)44(64)45(46)65)40-41(51(55,56)52(57,58)50(40,53)54)39-31-17-15-28(19-37(31)75(70,71)35(39)5-2)24-8-12-26(13-9-24)49(67)73-47-32(60)20-29(59)21-33(47)61/h6-19,22,29,32-33,42-47,59-65H,4-5,20-21H2,1-3H3/t22-,29-,32+,33-,42-,43+,44-,45+,46-,47+/m0/s1. The molecule has 3 aliphatic carbocycles. The molecular formula is C52H48F6O15S2. The minimum Gasteiger partial charge on any atom is -0.456 e. The van der Waals surface area contributed by atoms with E-state index in [1.807, 2.05) is 0 Å². The van der Waals surface area contributed by atoms with Crippen molar-refractivity contribution in [2.75, 3.05) is 0 Å². The molecule has 15 nitrogen and oxygen atoms in total. The van der Waals surface area contributed by atoms with Gasteiger partial charge in [-0.3, -0.25) is 0 Å². The van der Waals surface area contributed by atoms with E-state index in [1.165, 1.54) is 81.4 Å². The molecule has 7 N–H and O–H groups in total. The number of esters is 2. The molecule has 4 aromatic rings. The fourth-order valence-corrected chi connectivity index (χ4v) is 14.4. The van der Waals surface area contributed by atoms with E-state index in [0.717, 1.165) is 24.3 Å². The number of carbonyl (C=O) groups is 2. The third-order valence-corrected chi connectivity index (χ3v) is 18.8. The summed E-state index contributed by atoms with van der Waals surface area (Å²) in [6.45, 7) is 3.73. The Kier molecular flexibility index (Phi) is 13.5. The Morgan fingerprint density at radius 2 is 0.893 bits per heavy atom. The normalized spacial score (nSPS) is 30.0. The predicted molar refractivity (Wildman–Crippen MR) is 253 cm³/mol. The molecule has 400 valence electrons. The summed E-state index contributed by atoms with van der Waals surface area (Å²) in [5, 5.41) is 71.2. The third-order valence-electron chi connectivity index (χ3n) is 14.7. The van der Waals surface area contributed by atoms with E-state index in [2.05, 4.69) is 0 Å². The number of fused-ring (bicyclic) bond motifs is 2. The number of carbonyl (C=O) groups excluding carboxylic acids is 2. The van der Waals surface area contributed by atoms with Crippen LogP contribution in [0.4, 0.5) is 26.3 Å². The molecular weight excluding hydrogens is 1040 g/mol. The Balaban J connectivity index is 1.09. The topological polar surface area (TPSA) is 262 Å². The SMILES string of the molecule is CCC1=C(C2=C(C3=C(CC)S(=O)(=O)c4cc(-c5ccc(C(=O)O[C@H]6[C@@H](C)[C@H](O)[C@@H](O)[C@H](O)[C@H]6O)cc5)ccc43)C(F)(F)C(F)(F)C2(F)F)c2ccc(-c3ccc(C(=O)O[C@@H]4[C@H](O)C[C@H](O)C[C@@H]4O)cc3)cc2S1(=O)=O. The minimum atomic E-state index is -6.24. The number of hydrogen-bond donors (Lipinski definition) is 7. The van der Waals surface area contributed by atoms with Crippen molar-refractivity contribution in [1.82, 2.24) is 0 Å². The molecule has 0 radical (unpaired) electrons. The summed E-state index contributed by atoms with van der Waals surface area (Å²) >= 11 is 0. The number of halogens is 6. The van der Waals surface area contributed by atoms with Crippen LogP contribution in [0.3, 0.4) is 0 Å². The second kappa shape index (κ2) is 18.8. The van der Waals surface area contributed by atoms with Crippen molar-refractivity contribution in [2.24, 2.45) is 5.92 Å². The third kappa shape index (κ3) is 8.27. The van der Waals surface area contributed by atoms with Gasteiger partial charge in [-0.15, -0.1) is 0 Å². The van der Waals surface area contributed by atoms with Crippen LogP contribution in [0.5, 0.6) is 0 Å². The Morgan fingerprint density at radius 3 is 1.28 bits per heavy atom. The second-order valence-electron chi connectivity index (χ2n) is 19.2. The van der Waals surface area contributed by atoms with Crippen LogP contribution in [0.1, 0.15) is 78.3 Å². The van der Waals surface area contributed by atoms with Crippen LogP contribution < -0.4 is 0 Å². The quantitative estimate of drug-likeness (QED) is 0.0734. The Morgan fingerprint density at radius 1 is 0.533 bits per heavy atom. The highest BCUT2D eigenvalue weighted by atomic mass is 32.2. The molecule has 0 spiro atoms. The number of rotatable bonds is 10. The van der Waals surface area contributed by atoms with Crippen LogP contribution in [-0.4, -0.2) is 137 Å². The molecule has 9 rings (SSSR count). The average molecular weight is 1090 g/mol. The fourth-order valence-electron chi connectivity index (χ4n) is 10.7. The lowest BCUT2D eigenvalue weighted by atomic mass is 9.79. The van der Waals surface area contributed by atoms with Gasteiger partial charge in [0.15, 0.2) is 6.10 Å². The summed E-state index contributed by atoms with van der Waals surface area (Å²) in [7, 11) is -9.86. The van der Waals surface area contributed by atoms with Crippen LogP contribution in [-0.2, 0) is 29.1 Å². The molecule has 4 aromatic carbocycles. The van der Waals surface area contributed by atoms with Crippen LogP contribution in [0.2, 0.25) is 0 Å². The average Bonchev–Trinajstić information content (AvgIpc) is 3.77. The maximum absolute atomic E-state index is 16.7. The molecule has 2 fully saturated rings. The van der Waals surface area contributed by atoms with Crippen LogP contribution >= 0.6 is 0 Å². The van der Waals surface area contributed by atoms with E-state index in [4.69, 9.17) is 9.47 Å². The number of sulfone groups is 2. The molecule has 2 aliphatic heterocycles. The highest BCUT2D eigenvalue weighted by Gasteiger charge is 2.81. The highest BCUT2D eigenvalue weighted by Crippen LogP contribution is 2.68. The van der Waals surface area contributed by atoms with Gasteiger partial charge in [-0.25, -0.2) is 26.4 Å². The van der Waals surface area contributed by atoms with E-state index in [0.29, 0.717) is 0 Å². The van der Waals surface area contributed by atoms with Crippen molar-refractivity contribution in [3.8, 4) is 22.3 Å². The summed E-state index contributed by atoms with van der Waals surface area (Å²) in [4.78, 5) is 22.8. The molecule has 0 amide bonds. The first-order valence-electron chi connectivity index (χ1n) is 23.6. The smallest absolute Gasteiger partial charge is 0.380 e. The molecule has 0 unspecified atom stereocenters. The molecule has 5 aliphatic rings. The van der Waals surface area contributed by atoms with Gasteiger partial charge in [0.25, 0.3) is 0 Å². The van der Waals surface area contributed by atoms with Gasteiger partial charge in [0.2, 0.25) is 19.7 Å². The van der Waals surface area contributed by atoms with Crippen LogP contribution in [0, 0.1) is 5.92 Å². The summed E-state index contributed by atoms with van der Waals surface area (Å²) in [6.07, 6.45) is -15.1. The summed E-state index contributed by atoms with van der Waals surface area (Å²) in [5.74, 6) is -20.9. The van der Waals surface area contributed by atoms with Gasteiger partial charge in [0, 0.05) is 52.2 Å². The van der Waals surface area contributed by atoms with Gasteiger partial charge >= 0.3 is 29.7 Å². The first-order chi connectivity index (χ1) is 35.0. The summed E-state index contributed by atoms with van der Waals surface area (Å²) < 4.78 is 167. The van der Waals surface area contributed by atoms with Gasteiger partial charge in [0.1, 0.15) is 24.4 Å². The van der Waals surface area contributed by atoms with Crippen molar-refractivity contribution in [1.29, 1.82) is 0 Å². The first-order valence-corrected chi connectivity index (χ1v) is 26.5. The first kappa shape index (κ1) is 54.0. The largest absolute Gasteiger partial charge is 0.456 e. The zero-order valence-corrected chi connectivity index (χ0v) is 41.3. The Hall–Kier alpha value is -5.76. The van der Waals surface area contributed by atoms with Crippen molar-refractivity contribution in [2.45, 2.75) is 129 Å². The maximum atomic E-state index is 16.7. The van der Waals surface area contributed by atoms with Crippen molar-refractivity contribution >= 4 is 42.8 Å².